The van der Waals surface area contributed by atoms with E-state index in [1.54, 1.807) is 0 Å². The Morgan fingerprint density at radius 2 is 2.11 bits per heavy atom. The maximum absolute atomic E-state index is 4.50. The lowest BCUT2D eigenvalue weighted by Gasteiger charge is -2.08. The summed E-state index contributed by atoms with van der Waals surface area (Å²) in [5.74, 6) is 0. The average Bonchev–Trinajstić information content (AvgIpc) is 2.83. The van der Waals surface area contributed by atoms with Crippen molar-refractivity contribution in [1.82, 2.24) is 19.6 Å². The van der Waals surface area contributed by atoms with Crippen molar-refractivity contribution in [2.75, 3.05) is 5.32 Å². The van der Waals surface area contributed by atoms with Gasteiger partial charge in [0.15, 0.2) is 0 Å². The third-order valence-electron chi connectivity index (χ3n) is 3.12. The second-order valence-corrected chi connectivity index (χ2v) is 4.62. The van der Waals surface area contributed by atoms with E-state index in [4.69, 9.17) is 0 Å². The van der Waals surface area contributed by atoms with E-state index in [0.29, 0.717) is 0 Å². The third kappa shape index (κ3) is 2.55. The SMILES string of the molecule is CCCn1nc(C)cc1CNc1cnn(C)c1C. The molecule has 0 radical (unpaired) electrons. The minimum absolute atomic E-state index is 0.785. The predicted molar refractivity (Wildman–Crippen MR) is 72.5 cm³/mol. The average molecular weight is 247 g/mol. The van der Waals surface area contributed by atoms with Crippen LogP contribution in [0.25, 0.3) is 0 Å². The fourth-order valence-electron chi connectivity index (χ4n) is 2.00. The van der Waals surface area contributed by atoms with Crippen LogP contribution in [-0.4, -0.2) is 19.6 Å². The van der Waals surface area contributed by atoms with Gasteiger partial charge < -0.3 is 5.32 Å². The van der Waals surface area contributed by atoms with Crippen molar-refractivity contribution in [3.05, 3.63) is 29.3 Å². The molecule has 0 aromatic carbocycles. The van der Waals surface area contributed by atoms with Crippen LogP contribution in [0.3, 0.4) is 0 Å². The third-order valence-corrected chi connectivity index (χ3v) is 3.12. The summed E-state index contributed by atoms with van der Waals surface area (Å²) in [6, 6.07) is 2.13. The Bertz CT molecular complexity index is 523. The molecular weight excluding hydrogens is 226 g/mol. The maximum atomic E-state index is 4.50. The first kappa shape index (κ1) is 12.7. The Morgan fingerprint density at radius 1 is 1.33 bits per heavy atom. The Balaban J connectivity index is 2.08. The van der Waals surface area contributed by atoms with Crippen LogP contribution < -0.4 is 5.32 Å². The van der Waals surface area contributed by atoms with Crippen molar-refractivity contribution in [1.29, 1.82) is 0 Å². The van der Waals surface area contributed by atoms with E-state index in [1.165, 1.54) is 5.69 Å². The van der Waals surface area contributed by atoms with Gasteiger partial charge >= 0.3 is 0 Å². The Morgan fingerprint density at radius 3 is 2.72 bits per heavy atom. The van der Waals surface area contributed by atoms with Crippen LogP contribution in [0.15, 0.2) is 12.3 Å². The summed E-state index contributed by atoms with van der Waals surface area (Å²) in [6.07, 6.45) is 2.96. The number of hydrogen-bond acceptors (Lipinski definition) is 3. The lowest BCUT2D eigenvalue weighted by molar-refractivity contribution is 0.575. The topological polar surface area (TPSA) is 47.7 Å². The highest BCUT2D eigenvalue weighted by atomic mass is 15.3. The van der Waals surface area contributed by atoms with E-state index in [2.05, 4.69) is 40.1 Å². The first-order valence-corrected chi connectivity index (χ1v) is 6.37. The zero-order valence-corrected chi connectivity index (χ0v) is 11.6. The molecule has 1 N–H and O–H groups in total. The van der Waals surface area contributed by atoms with Gasteiger partial charge in [-0.25, -0.2) is 0 Å². The summed E-state index contributed by atoms with van der Waals surface area (Å²) in [5.41, 5.74) is 4.52. The highest BCUT2D eigenvalue weighted by Crippen LogP contribution is 2.14. The Kier molecular flexibility index (Phi) is 3.69. The zero-order valence-electron chi connectivity index (χ0n) is 11.6. The summed E-state index contributed by atoms with van der Waals surface area (Å²) >= 11 is 0. The summed E-state index contributed by atoms with van der Waals surface area (Å²) in [5, 5.41) is 12.1. The van der Waals surface area contributed by atoms with Gasteiger partial charge in [-0.05, 0) is 26.3 Å². The fraction of sp³-hybridized carbons (Fsp3) is 0.538. The van der Waals surface area contributed by atoms with Gasteiger partial charge in [0.1, 0.15) is 0 Å². The smallest absolute Gasteiger partial charge is 0.0759 e. The van der Waals surface area contributed by atoms with E-state index in [-0.39, 0.29) is 0 Å². The first-order chi connectivity index (χ1) is 8.61. The van der Waals surface area contributed by atoms with Gasteiger partial charge in [0, 0.05) is 13.6 Å². The number of anilines is 1. The highest BCUT2D eigenvalue weighted by Gasteiger charge is 2.07. The van der Waals surface area contributed by atoms with Crippen LogP contribution in [0.1, 0.15) is 30.4 Å². The molecule has 2 rings (SSSR count). The summed E-state index contributed by atoms with van der Waals surface area (Å²) < 4.78 is 3.95. The van der Waals surface area contributed by atoms with Crippen LogP contribution in [0.4, 0.5) is 5.69 Å². The molecule has 0 saturated heterocycles. The molecule has 2 heterocycles. The van der Waals surface area contributed by atoms with Gasteiger partial charge in [0.05, 0.1) is 35.5 Å². The normalized spacial score (nSPS) is 10.9. The van der Waals surface area contributed by atoms with Crippen LogP contribution >= 0.6 is 0 Å². The van der Waals surface area contributed by atoms with Gasteiger partial charge in [-0.2, -0.15) is 10.2 Å². The molecule has 0 aliphatic carbocycles. The summed E-state index contributed by atoms with van der Waals surface area (Å²) in [6.45, 7) is 8.01. The molecule has 2 aromatic heterocycles. The minimum atomic E-state index is 0.785. The van der Waals surface area contributed by atoms with E-state index >= 15 is 0 Å². The molecule has 0 bridgehead atoms. The largest absolute Gasteiger partial charge is 0.377 e. The second kappa shape index (κ2) is 5.25. The predicted octanol–water partition coefficient (Wildman–Crippen LogP) is 2.26. The summed E-state index contributed by atoms with van der Waals surface area (Å²) in [4.78, 5) is 0. The number of nitrogens with zero attached hydrogens (tertiary/aromatic N) is 4. The van der Waals surface area contributed by atoms with Crippen LogP contribution in [-0.2, 0) is 20.1 Å². The van der Waals surface area contributed by atoms with Gasteiger partial charge in [-0.1, -0.05) is 6.92 Å². The second-order valence-electron chi connectivity index (χ2n) is 4.62. The fourth-order valence-corrected chi connectivity index (χ4v) is 2.00. The van der Waals surface area contributed by atoms with Crippen LogP contribution in [0.5, 0.6) is 0 Å². The quantitative estimate of drug-likeness (QED) is 0.881. The monoisotopic (exact) mass is 247 g/mol. The first-order valence-electron chi connectivity index (χ1n) is 6.37. The van der Waals surface area contributed by atoms with E-state index in [0.717, 1.165) is 36.6 Å². The Hall–Kier alpha value is -1.78. The maximum Gasteiger partial charge on any atom is 0.0759 e. The molecule has 0 fully saturated rings. The molecule has 5 nitrogen and oxygen atoms in total. The molecule has 0 spiro atoms. The molecule has 5 heteroatoms. The highest BCUT2D eigenvalue weighted by molar-refractivity contribution is 5.45. The van der Waals surface area contributed by atoms with Crippen molar-refractivity contribution in [2.45, 2.75) is 40.3 Å². The molecule has 0 aliphatic heterocycles. The molecule has 2 aromatic rings. The zero-order chi connectivity index (χ0) is 13.1. The molecule has 0 aliphatic rings. The van der Waals surface area contributed by atoms with E-state index < -0.39 is 0 Å². The van der Waals surface area contributed by atoms with Gasteiger partial charge in [-0.3, -0.25) is 9.36 Å². The van der Waals surface area contributed by atoms with E-state index in [9.17, 15) is 0 Å². The van der Waals surface area contributed by atoms with Crippen LogP contribution in [0.2, 0.25) is 0 Å². The molecule has 0 atom stereocenters. The van der Waals surface area contributed by atoms with Crippen molar-refractivity contribution in [3.8, 4) is 0 Å². The number of rotatable bonds is 5. The molecule has 0 unspecified atom stereocenters. The molecule has 0 amide bonds. The van der Waals surface area contributed by atoms with Crippen LogP contribution in [0, 0.1) is 13.8 Å². The van der Waals surface area contributed by atoms with E-state index in [1.807, 2.05) is 24.9 Å². The molecular formula is C13H21N5. The van der Waals surface area contributed by atoms with Crippen molar-refractivity contribution in [2.24, 2.45) is 7.05 Å². The van der Waals surface area contributed by atoms with Gasteiger partial charge in [0.2, 0.25) is 0 Å². The number of aryl methyl sites for hydroxylation is 3. The lowest BCUT2D eigenvalue weighted by Crippen LogP contribution is -2.09. The minimum Gasteiger partial charge on any atom is -0.377 e. The van der Waals surface area contributed by atoms with Crippen molar-refractivity contribution in [3.63, 3.8) is 0 Å². The molecule has 18 heavy (non-hydrogen) atoms. The van der Waals surface area contributed by atoms with Crippen molar-refractivity contribution >= 4 is 5.69 Å². The standard InChI is InChI=1S/C13H21N5/c1-5-6-18-12(7-10(2)16-18)8-14-13-9-15-17(4)11(13)3/h7,9,14H,5-6,8H2,1-4H3. The number of nitrogens with one attached hydrogen (secondary N) is 1. The molecule has 0 saturated carbocycles. The van der Waals surface area contributed by atoms with Gasteiger partial charge in [-0.15, -0.1) is 0 Å². The van der Waals surface area contributed by atoms with Gasteiger partial charge in [0.25, 0.3) is 0 Å². The number of hydrogen-bond donors (Lipinski definition) is 1. The Labute approximate surface area is 108 Å². The lowest BCUT2D eigenvalue weighted by atomic mass is 10.3. The number of aromatic nitrogens is 4. The summed E-state index contributed by atoms with van der Waals surface area (Å²) in [7, 11) is 1.95. The molecule has 98 valence electrons. The van der Waals surface area contributed by atoms with Crippen molar-refractivity contribution < 1.29 is 0 Å².